The third-order valence-electron chi connectivity index (χ3n) is 3.60. The second kappa shape index (κ2) is 6.35. The molecular weight excluding hydrogens is 260 g/mol. The normalized spacial score (nSPS) is 31.4. The summed E-state index contributed by atoms with van der Waals surface area (Å²) in [7, 11) is 0. The number of thioether (sulfide) groups is 1. The van der Waals surface area contributed by atoms with E-state index in [2.05, 4.69) is 10.6 Å². The highest BCUT2D eigenvalue weighted by Crippen LogP contribution is 2.24. The molecule has 1 saturated heterocycles. The zero-order valence-corrected chi connectivity index (χ0v) is 13.0. The van der Waals surface area contributed by atoms with Crippen molar-refractivity contribution in [3.63, 3.8) is 0 Å². The summed E-state index contributed by atoms with van der Waals surface area (Å²) in [4.78, 5) is 11.8. The lowest BCUT2D eigenvalue weighted by molar-refractivity contribution is 0.0497. The van der Waals surface area contributed by atoms with Crippen molar-refractivity contribution in [1.29, 1.82) is 0 Å². The standard InChI is InChI=1S/C14H26N2O2S/c1-14(2,3)18-13(17)16-12-6-4-5-11(12)15-10-7-8-19-9-10/h10-12,15H,4-9H2,1-3H3,(H,16,17). The first-order chi connectivity index (χ1) is 8.94. The maximum atomic E-state index is 11.8. The van der Waals surface area contributed by atoms with Crippen LogP contribution in [0.1, 0.15) is 46.5 Å². The number of rotatable bonds is 3. The van der Waals surface area contributed by atoms with Crippen LogP contribution in [0.2, 0.25) is 0 Å². The summed E-state index contributed by atoms with van der Waals surface area (Å²) >= 11 is 2.01. The van der Waals surface area contributed by atoms with E-state index in [1.807, 2.05) is 32.5 Å². The van der Waals surface area contributed by atoms with Gasteiger partial charge in [-0.15, -0.1) is 0 Å². The molecule has 5 heteroatoms. The van der Waals surface area contributed by atoms with Crippen LogP contribution in [-0.4, -0.2) is 41.3 Å². The number of hydrogen-bond acceptors (Lipinski definition) is 4. The van der Waals surface area contributed by atoms with E-state index < -0.39 is 5.60 Å². The molecule has 2 fully saturated rings. The quantitative estimate of drug-likeness (QED) is 0.837. The molecular formula is C14H26N2O2S. The highest BCUT2D eigenvalue weighted by atomic mass is 32.2. The monoisotopic (exact) mass is 286 g/mol. The number of amides is 1. The van der Waals surface area contributed by atoms with Crippen LogP contribution >= 0.6 is 11.8 Å². The molecule has 110 valence electrons. The van der Waals surface area contributed by atoms with E-state index in [1.165, 1.54) is 24.3 Å². The minimum absolute atomic E-state index is 0.223. The largest absolute Gasteiger partial charge is 0.444 e. The van der Waals surface area contributed by atoms with Gasteiger partial charge in [-0.3, -0.25) is 0 Å². The summed E-state index contributed by atoms with van der Waals surface area (Å²) < 4.78 is 5.34. The minimum Gasteiger partial charge on any atom is -0.444 e. The number of ether oxygens (including phenoxy) is 1. The molecule has 0 aromatic heterocycles. The van der Waals surface area contributed by atoms with E-state index in [1.54, 1.807) is 0 Å². The molecule has 3 unspecified atom stereocenters. The number of hydrogen-bond donors (Lipinski definition) is 2. The van der Waals surface area contributed by atoms with Crippen molar-refractivity contribution in [1.82, 2.24) is 10.6 Å². The maximum absolute atomic E-state index is 11.8. The average molecular weight is 286 g/mol. The lowest BCUT2D eigenvalue weighted by atomic mass is 10.1. The highest BCUT2D eigenvalue weighted by molar-refractivity contribution is 7.99. The van der Waals surface area contributed by atoms with Gasteiger partial charge in [0.15, 0.2) is 0 Å². The summed E-state index contributed by atoms with van der Waals surface area (Å²) in [6.07, 6.45) is 4.35. The summed E-state index contributed by atoms with van der Waals surface area (Å²) in [6, 6.07) is 1.26. The van der Waals surface area contributed by atoms with E-state index in [0.29, 0.717) is 12.1 Å². The summed E-state index contributed by atoms with van der Waals surface area (Å²) in [5.74, 6) is 2.46. The highest BCUT2D eigenvalue weighted by Gasteiger charge is 2.32. The summed E-state index contributed by atoms with van der Waals surface area (Å²) in [6.45, 7) is 5.69. The Kier molecular flexibility index (Phi) is 5.01. The van der Waals surface area contributed by atoms with Crippen molar-refractivity contribution >= 4 is 17.9 Å². The Labute approximate surface area is 120 Å². The Morgan fingerprint density at radius 1 is 1.21 bits per heavy atom. The molecule has 1 aliphatic carbocycles. The van der Waals surface area contributed by atoms with E-state index in [9.17, 15) is 4.79 Å². The van der Waals surface area contributed by atoms with Crippen molar-refractivity contribution in [3.05, 3.63) is 0 Å². The number of alkyl carbamates (subject to hydrolysis) is 1. The van der Waals surface area contributed by atoms with Crippen LogP contribution < -0.4 is 10.6 Å². The first kappa shape index (κ1) is 15.0. The van der Waals surface area contributed by atoms with Gasteiger partial charge in [-0.2, -0.15) is 11.8 Å². The predicted octanol–water partition coefficient (Wildman–Crippen LogP) is 2.53. The molecule has 0 radical (unpaired) electrons. The number of nitrogens with one attached hydrogen (secondary N) is 2. The van der Waals surface area contributed by atoms with Crippen LogP contribution in [0.25, 0.3) is 0 Å². The molecule has 0 aromatic carbocycles. The first-order valence-corrected chi connectivity index (χ1v) is 8.43. The lowest BCUT2D eigenvalue weighted by Gasteiger charge is -2.27. The number of carbonyl (C=O) groups excluding carboxylic acids is 1. The molecule has 4 nitrogen and oxygen atoms in total. The maximum Gasteiger partial charge on any atom is 0.407 e. The lowest BCUT2D eigenvalue weighted by Crippen LogP contribution is -2.50. The van der Waals surface area contributed by atoms with Crippen LogP contribution in [0.4, 0.5) is 4.79 Å². The van der Waals surface area contributed by atoms with Crippen molar-refractivity contribution in [2.75, 3.05) is 11.5 Å². The van der Waals surface area contributed by atoms with Gasteiger partial charge in [-0.1, -0.05) is 0 Å². The SMILES string of the molecule is CC(C)(C)OC(=O)NC1CCCC1NC1CCSC1. The molecule has 2 rings (SSSR count). The van der Waals surface area contributed by atoms with Gasteiger partial charge in [0.05, 0.1) is 0 Å². The predicted molar refractivity (Wildman–Crippen MR) is 79.7 cm³/mol. The average Bonchev–Trinajstić information content (AvgIpc) is 2.89. The Balaban J connectivity index is 1.79. The topological polar surface area (TPSA) is 50.4 Å². The Hall–Kier alpha value is -0.420. The van der Waals surface area contributed by atoms with E-state index in [4.69, 9.17) is 4.74 Å². The fraction of sp³-hybridized carbons (Fsp3) is 0.929. The fourth-order valence-corrected chi connectivity index (χ4v) is 3.93. The molecule has 19 heavy (non-hydrogen) atoms. The number of carbonyl (C=O) groups is 1. The summed E-state index contributed by atoms with van der Waals surface area (Å²) in [5, 5.41) is 6.73. The van der Waals surface area contributed by atoms with E-state index in [0.717, 1.165) is 12.8 Å². The summed E-state index contributed by atoms with van der Waals surface area (Å²) in [5.41, 5.74) is -0.423. The molecule has 2 N–H and O–H groups in total. The van der Waals surface area contributed by atoms with Gasteiger partial charge in [-0.05, 0) is 52.2 Å². The first-order valence-electron chi connectivity index (χ1n) is 7.27. The molecule has 1 amide bonds. The van der Waals surface area contributed by atoms with Crippen molar-refractivity contribution < 1.29 is 9.53 Å². The molecule has 1 saturated carbocycles. The zero-order chi connectivity index (χ0) is 13.9. The van der Waals surface area contributed by atoms with Gasteiger partial charge in [0.2, 0.25) is 0 Å². The second-order valence-electron chi connectivity index (χ2n) is 6.52. The molecule has 1 aliphatic heterocycles. The van der Waals surface area contributed by atoms with E-state index in [-0.39, 0.29) is 12.1 Å². The van der Waals surface area contributed by atoms with Crippen LogP contribution in [0.5, 0.6) is 0 Å². The van der Waals surface area contributed by atoms with Gasteiger partial charge >= 0.3 is 6.09 Å². The van der Waals surface area contributed by atoms with Crippen LogP contribution in [0.3, 0.4) is 0 Å². The smallest absolute Gasteiger partial charge is 0.407 e. The fourth-order valence-electron chi connectivity index (χ4n) is 2.76. The molecule has 3 atom stereocenters. The van der Waals surface area contributed by atoms with Crippen molar-refractivity contribution in [2.45, 2.75) is 70.2 Å². The Bertz CT molecular complexity index is 311. The third-order valence-corrected chi connectivity index (χ3v) is 4.76. The minimum atomic E-state index is -0.423. The van der Waals surface area contributed by atoms with Crippen molar-refractivity contribution in [3.8, 4) is 0 Å². The Morgan fingerprint density at radius 3 is 2.58 bits per heavy atom. The molecule has 2 aliphatic rings. The van der Waals surface area contributed by atoms with Crippen LogP contribution in [-0.2, 0) is 4.74 Å². The van der Waals surface area contributed by atoms with Gasteiger partial charge in [-0.25, -0.2) is 4.79 Å². The molecule has 0 spiro atoms. The molecule has 1 heterocycles. The van der Waals surface area contributed by atoms with Crippen molar-refractivity contribution in [2.24, 2.45) is 0 Å². The van der Waals surface area contributed by atoms with Gasteiger partial charge in [0.25, 0.3) is 0 Å². The molecule has 0 aromatic rings. The second-order valence-corrected chi connectivity index (χ2v) is 7.67. The zero-order valence-electron chi connectivity index (χ0n) is 12.2. The third kappa shape index (κ3) is 4.88. The van der Waals surface area contributed by atoms with Gasteiger partial charge in [0, 0.05) is 23.9 Å². The van der Waals surface area contributed by atoms with Crippen LogP contribution in [0, 0.1) is 0 Å². The van der Waals surface area contributed by atoms with E-state index >= 15 is 0 Å². The molecule has 0 bridgehead atoms. The Morgan fingerprint density at radius 2 is 1.95 bits per heavy atom. The van der Waals surface area contributed by atoms with Crippen LogP contribution in [0.15, 0.2) is 0 Å². The van der Waals surface area contributed by atoms with Gasteiger partial charge in [0.1, 0.15) is 5.60 Å². The van der Waals surface area contributed by atoms with Gasteiger partial charge < -0.3 is 15.4 Å².